The second-order valence-corrected chi connectivity index (χ2v) is 8.44. The van der Waals surface area contributed by atoms with Crippen molar-refractivity contribution in [3.05, 3.63) is 46.5 Å². The molecule has 1 atom stereocenters. The van der Waals surface area contributed by atoms with E-state index in [1.165, 1.54) is 36.3 Å². The smallest absolute Gasteiger partial charge is 0.293 e. The van der Waals surface area contributed by atoms with Gasteiger partial charge in [-0.15, -0.1) is 6.58 Å². The van der Waals surface area contributed by atoms with Crippen LogP contribution in [0.5, 0.6) is 0 Å². The van der Waals surface area contributed by atoms with E-state index < -0.39 is 26.7 Å². The van der Waals surface area contributed by atoms with Gasteiger partial charge in [0, 0.05) is 37.9 Å². The van der Waals surface area contributed by atoms with Crippen molar-refractivity contribution in [2.24, 2.45) is 0 Å². The Hall–Kier alpha value is -2.46. The SMILES string of the molecule is C=CCN(C(=O)c1ccc(NCCOC)c([N+](=O)[O-])c1)C1CCS(=O)(=O)C1. The number of hydrogen-bond donors (Lipinski definition) is 1. The maximum atomic E-state index is 12.9. The van der Waals surface area contributed by atoms with Crippen molar-refractivity contribution in [1.29, 1.82) is 0 Å². The van der Waals surface area contributed by atoms with Crippen LogP contribution in [-0.2, 0) is 14.6 Å². The predicted octanol–water partition coefficient (Wildman–Crippen LogP) is 1.47. The number of rotatable bonds is 9. The third-order valence-electron chi connectivity index (χ3n) is 4.30. The lowest BCUT2D eigenvalue weighted by atomic mass is 10.1. The molecule has 0 aliphatic carbocycles. The van der Waals surface area contributed by atoms with Crippen LogP contribution in [0.1, 0.15) is 16.8 Å². The van der Waals surface area contributed by atoms with Crippen LogP contribution >= 0.6 is 0 Å². The maximum absolute atomic E-state index is 12.9. The van der Waals surface area contributed by atoms with Gasteiger partial charge in [-0.3, -0.25) is 14.9 Å². The van der Waals surface area contributed by atoms with E-state index in [-0.39, 0.29) is 35.0 Å². The summed E-state index contributed by atoms with van der Waals surface area (Å²) in [4.78, 5) is 25.1. The fourth-order valence-corrected chi connectivity index (χ4v) is 4.71. The van der Waals surface area contributed by atoms with Crippen LogP contribution in [-0.4, -0.2) is 68.5 Å². The molecule has 0 saturated carbocycles. The first kappa shape index (κ1) is 20.8. The van der Waals surface area contributed by atoms with Crippen LogP contribution in [0.15, 0.2) is 30.9 Å². The lowest BCUT2D eigenvalue weighted by Crippen LogP contribution is -2.41. The van der Waals surface area contributed by atoms with Crippen molar-refractivity contribution in [3.8, 4) is 0 Å². The fourth-order valence-electron chi connectivity index (χ4n) is 2.98. The van der Waals surface area contributed by atoms with Crippen molar-refractivity contribution in [1.82, 2.24) is 4.90 Å². The summed E-state index contributed by atoms with van der Waals surface area (Å²) in [5, 5.41) is 14.3. The van der Waals surface area contributed by atoms with Gasteiger partial charge in [-0.05, 0) is 18.6 Å². The highest BCUT2D eigenvalue weighted by Gasteiger charge is 2.35. The Labute approximate surface area is 158 Å². The number of nitrogens with one attached hydrogen (secondary N) is 1. The number of nitro benzene ring substituents is 1. The number of sulfone groups is 1. The highest BCUT2D eigenvalue weighted by atomic mass is 32.2. The minimum Gasteiger partial charge on any atom is -0.383 e. The highest BCUT2D eigenvalue weighted by molar-refractivity contribution is 7.91. The highest BCUT2D eigenvalue weighted by Crippen LogP contribution is 2.27. The number of carbonyl (C=O) groups is 1. The van der Waals surface area contributed by atoms with Crippen molar-refractivity contribution in [3.63, 3.8) is 0 Å². The summed E-state index contributed by atoms with van der Waals surface area (Å²) in [6.45, 7) is 4.54. The van der Waals surface area contributed by atoms with Crippen LogP contribution in [0.25, 0.3) is 0 Å². The van der Waals surface area contributed by atoms with E-state index in [1.54, 1.807) is 0 Å². The molecule has 1 amide bonds. The summed E-state index contributed by atoms with van der Waals surface area (Å²) in [5.41, 5.74) is 0.187. The molecule has 1 aliphatic heterocycles. The largest absolute Gasteiger partial charge is 0.383 e. The fraction of sp³-hybridized carbons (Fsp3) is 0.471. The van der Waals surface area contributed by atoms with E-state index in [4.69, 9.17) is 4.74 Å². The van der Waals surface area contributed by atoms with Crippen molar-refractivity contribution in [2.45, 2.75) is 12.5 Å². The lowest BCUT2D eigenvalue weighted by molar-refractivity contribution is -0.384. The lowest BCUT2D eigenvalue weighted by Gasteiger charge is -2.27. The van der Waals surface area contributed by atoms with Crippen molar-refractivity contribution in [2.75, 3.05) is 43.6 Å². The van der Waals surface area contributed by atoms with Gasteiger partial charge >= 0.3 is 0 Å². The first-order chi connectivity index (χ1) is 12.8. The van der Waals surface area contributed by atoms with Gasteiger partial charge in [0.15, 0.2) is 9.84 Å². The molecule has 0 bridgehead atoms. The van der Waals surface area contributed by atoms with Crippen LogP contribution < -0.4 is 5.32 Å². The van der Waals surface area contributed by atoms with Crippen LogP contribution in [0, 0.1) is 10.1 Å². The van der Waals surface area contributed by atoms with Gasteiger partial charge in [-0.1, -0.05) is 6.08 Å². The second kappa shape index (κ2) is 8.96. The van der Waals surface area contributed by atoms with Crippen molar-refractivity contribution >= 4 is 27.1 Å². The summed E-state index contributed by atoms with van der Waals surface area (Å²) in [5.74, 6) is -0.532. The summed E-state index contributed by atoms with van der Waals surface area (Å²) in [6, 6.07) is 3.71. The topological polar surface area (TPSA) is 119 Å². The molecule has 1 heterocycles. The molecule has 1 aromatic rings. The number of carbonyl (C=O) groups excluding carboxylic acids is 1. The zero-order valence-corrected chi connectivity index (χ0v) is 15.9. The Balaban J connectivity index is 2.28. The van der Waals surface area contributed by atoms with E-state index in [0.717, 1.165) is 0 Å². The quantitative estimate of drug-likeness (QED) is 0.290. The standard InChI is InChI=1S/C17H23N3O6S/c1-3-8-19(14-6-10-27(24,25)12-14)17(21)13-4-5-15(18-7-9-26-2)16(11-13)20(22)23/h3-5,11,14,18H,1,6-10,12H2,2H3. The Morgan fingerprint density at radius 2 is 2.26 bits per heavy atom. The summed E-state index contributed by atoms with van der Waals surface area (Å²) in [6.07, 6.45) is 1.86. The molecule has 1 unspecified atom stereocenters. The molecule has 0 radical (unpaired) electrons. The number of methoxy groups -OCH3 is 1. The minimum atomic E-state index is -3.17. The summed E-state index contributed by atoms with van der Waals surface area (Å²) < 4.78 is 28.4. The van der Waals surface area contributed by atoms with Gasteiger partial charge in [0.25, 0.3) is 11.6 Å². The number of nitro groups is 1. The average Bonchev–Trinajstić information content (AvgIpc) is 2.99. The number of benzene rings is 1. The molecule has 0 aromatic heterocycles. The van der Waals surface area contributed by atoms with Gasteiger partial charge in [-0.25, -0.2) is 8.42 Å². The molecule has 1 aliphatic rings. The first-order valence-corrected chi connectivity index (χ1v) is 10.2. The van der Waals surface area contributed by atoms with Gasteiger partial charge in [0.05, 0.1) is 23.0 Å². The van der Waals surface area contributed by atoms with E-state index in [1.807, 2.05) is 0 Å². The molecule has 9 nitrogen and oxygen atoms in total. The molecule has 148 valence electrons. The number of amides is 1. The van der Waals surface area contributed by atoms with Gasteiger partial charge in [0.2, 0.25) is 0 Å². The summed E-state index contributed by atoms with van der Waals surface area (Å²) >= 11 is 0. The summed E-state index contributed by atoms with van der Waals surface area (Å²) in [7, 11) is -1.65. The van der Waals surface area contributed by atoms with E-state index in [9.17, 15) is 23.3 Å². The van der Waals surface area contributed by atoms with Gasteiger partial charge < -0.3 is 15.0 Å². The number of nitrogens with zero attached hydrogens (tertiary/aromatic N) is 2. The van der Waals surface area contributed by atoms with Gasteiger partial charge in [-0.2, -0.15) is 0 Å². The molecule has 1 N–H and O–H groups in total. The molecular formula is C17H23N3O6S. The molecule has 2 rings (SSSR count). The average molecular weight is 397 g/mol. The third-order valence-corrected chi connectivity index (χ3v) is 6.05. The van der Waals surface area contributed by atoms with E-state index in [2.05, 4.69) is 11.9 Å². The zero-order chi connectivity index (χ0) is 20.0. The zero-order valence-electron chi connectivity index (χ0n) is 15.1. The number of anilines is 1. The molecule has 1 aromatic carbocycles. The van der Waals surface area contributed by atoms with E-state index >= 15 is 0 Å². The van der Waals surface area contributed by atoms with Gasteiger partial charge in [0.1, 0.15) is 5.69 Å². The normalized spacial score (nSPS) is 18.0. The Morgan fingerprint density at radius 3 is 2.81 bits per heavy atom. The molecule has 1 saturated heterocycles. The molecule has 0 spiro atoms. The Morgan fingerprint density at radius 1 is 1.52 bits per heavy atom. The van der Waals surface area contributed by atoms with E-state index in [0.29, 0.717) is 19.6 Å². The number of hydrogen-bond acceptors (Lipinski definition) is 7. The molecule has 10 heteroatoms. The molecule has 27 heavy (non-hydrogen) atoms. The van der Waals surface area contributed by atoms with Crippen LogP contribution in [0.3, 0.4) is 0 Å². The second-order valence-electron chi connectivity index (χ2n) is 6.21. The predicted molar refractivity (Wildman–Crippen MR) is 102 cm³/mol. The first-order valence-electron chi connectivity index (χ1n) is 8.42. The maximum Gasteiger partial charge on any atom is 0.293 e. The molecule has 1 fully saturated rings. The third kappa shape index (κ3) is 5.27. The minimum absolute atomic E-state index is 0.0289. The number of ether oxygens (including phenoxy) is 1. The Kier molecular flexibility index (Phi) is 6.92. The monoisotopic (exact) mass is 397 g/mol. The van der Waals surface area contributed by atoms with Crippen molar-refractivity contribution < 1.29 is 22.9 Å². The Bertz CT molecular complexity index is 824. The van der Waals surface area contributed by atoms with Crippen LogP contribution in [0.2, 0.25) is 0 Å². The molecular weight excluding hydrogens is 374 g/mol. The van der Waals surface area contributed by atoms with Crippen LogP contribution in [0.4, 0.5) is 11.4 Å².